The van der Waals surface area contributed by atoms with Crippen molar-refractivity contribution in [2.45, 2.75) is 65.7 Å². The van der Waals surface area contributed by atoms with E-state index in [0.717, 1.165) is 45.2 Å². The van der Waals surface area contributed by atoms with Crippen molar-refractivity contribution < 1.29 is 4.79 Å². The van der Waals surface area contributed by atoms with E-state index in [4.69, 9.17) is 0 Å². The zero-order chi connectivity index (χ0) is 22.5. The average molecular weight is 416 g/mol. The van der Waals surface area contributed by atoms with Crippen LogP contribution in [-0.4, -0.2) is 18.9 Å². The average Bonchev–Trinajstić information content (AvgIpc) is 2.74. The summed E-state index contributed by atoms with van der Waals surface area (Å²) in [5, 5.41) is 0. The zero-order valence-corrected chi connectivity index (χ0v) is 19.8. The Hall–Kier alpha value is -2.61. The number of unbranched alkanes of at least 4 members (excludes halogenated alkanes) is 1. The van der Waals surface area contributed by atoms with E-state index in [-0.39, 0.29) is 11.7 Å². The summed E-state index contributed by atoms with van der Waals surface area (Å²) in [5.41, 5.74) is 10.3. The molecule has 0 aliphatic carbocycles. The number of rotatable bonds is 9. The van der Waals surface area contributed by atoms with Crippen molar-refractivity contribution in [1.29, 1.82) is 0 Å². The molecule has 2 aromatic rings. The summed E-state index contributed by atoms with van der Waals surface area (Å²) in [6.45, 7) is 17.9. The molecular weight excluding hydrogens is 378 g/mol. The molecule has 3 rings (SSSR count). The number of Topliss-reactive ketones (excluding diaryl/α,β-unsaturated/α-hetero) is 1. The van der Waals surface area contributed by atoms with Crippen LogP contribution in [0.4, 0.5) is 5.69 Å². The molecule has 31 heavy (non-hydrogen) atoms. The molecule has 2 aromatic carbocycles. The summed E-state index contributed by atoms with van der Waals surface area (Å²) in [5.74, 6) is 0.117. The molecule has 0 amide bonds. The number of hydrogen-bond donors (Lipinski definition) is 0. The first-order valence-electron chi connectivity index (χ1n) is 11.6. The second kappa shape index (κ2) is 10.1. The lowest BCUT2D eigenvalue weighted by Crippen LogP contribution is -2.31. The number of allylic oxidation sites excluding steroid dienone is 1. The normalized spacial score (nSPS) is 14.1. The predicted octanol–water partition coefficient (Wildman–Crippen LogP) is 7.11. The molecule has 0 saturated heterocycles. The van der Waals surface area contributed by atoms with Crippen LogP contribution in [0.2, 0.25) is 0 Å². The van der Waals surface area contributed by atoms with Crippen molar-refractivity contribution in [2.75, 3.05) is 18.0 Å². The minimum Gasteiger partial charge on any atom is -0.368 e. The summed E-state index contributed by atoms with van der Waals surface area (Å²) in [4.78, 5) is 15.0. The smallest absolute Gasteiger partial charge is 0.137 e. The van der Waals surface area contributed by atoms with Crippen molar-refractivity contribution in [3.8, 4) is 11.1 Å². The first-order chi connectivity index (χ1) is 14.9. The van der Waals surface area contributed by atoms with E-state index in [1.54, 1.807) is 6.92 Å². The molecule has 0 aromatic heterocycles. The molecule has 2 heteroatoms. The Morgan fingerprint density at radius 1 is 1.16 bits per heavy atom. The van der Waals surface area contributed by atoms with Crippen LogP contribution in [0.25, 0.3) is 11.1 Å². The molecule has 0 radical (unpaired) electrons. The third-order valence-corrected chi connectivity index (χ3v) is 6.73. The third kappa shape index (κ3) is 4.84. The van der Waals surface area contributed by atoms with Gasteiger partial charge in [0.05, 0.1) is 0 Å². The van der Waals surface area contributed by atoms with E-state index < -0.39 is 0 Å². The summed E-state index contributed by atoms with van der Waals surface area (Å²) >= 11 is 0. The van der Waals surface area contributed by atoms with Crippen molar-refractivity contribution >= 4 is 11.5 Å². The van der Waals surface area contributed by atoms with Gasteiger partial charge in [-0.25, -0.2) is 0 Å². The fraction of sp³-hybridized carbons (Fsp3) is 0.414. The number of ketones is 1. The van der Waals surface area contributed by atoms with Crippen molar-refractivity contribution in [3.05, 3.63) is 77.4 Å². The highest BCUT2D eigenvalue weighted by molar-refractivity contribution is 5.89. The van der Waals surface area contributed by atoms with Gasteiger partial charge in [-0.15, -0.1) is 13.2 Å². The van der Waals surface area contributed by atoms with E-state index >= 15 is 0 Å². The molecule has 1 atom stereocenters. The fourth-order valence-corrected chi connectivity index (χ4v) is 4.92. The van der Waals surface area contributed by atoms with Crippen molar-refractivity contribution in [3.63, 3.8) is 0 Å². The molecule has 1 aliphatic rings. The maximum absolute atomic E-state index is 12.6. The third-order valence-electron chi connectivity index (χ3n) is 6.73. The van der Waals surface area contributed by atoms with Crippen LogP contribution in [0.15, 0.2) is 49.6 Å². The first-order valence-corrected chi connectivity index (χ1v) is 11.6. The first kappa shape index (κ1) is 23.1. The summed E-state index contributed by atoms with van der Waals surface area (Å²) in [6.07, 6.45) is 9.32. The number of benzene rings is 2. The number of aryl methyl sites for hydroxylation is 3. The molecule has 164 valence electrons. The molecule has 0 saturated carbocycles. The summed E-state index contributed by atoms with van der Waals surface area (Å²) in [7, 11) is 0. The molecule has 1 aliphatic heterocycles. The Morgan fingerprint density at radius 3 is 2.61 bits per heavy atom. The summed E-state index contributed by atoms with van der Waals surface area (Å²) in [6, 6.07) is 9.17. The molecule has 0 bridgehead atoms. The minimum absolute atomic E-state index is 0.113. The van der Waals surface area contributed by atoms with Crippen LogP contribution in [0.1, 0.15) is 66.8 Å². The monoisotopic (exact) mass is 415 g/mol. The van der Waals surface area contributed by atoms with E-state index in [1.165, 1.54) is 44.6 Å². The predicted molar refractivity (Wildman–Crippen MR) is 134 cm³/mol. The van der Waals surface area contributed by atoms with Gasteiger partial charge in [-0.1, -0.05) is 37.3 Å². The number of carbonyl (C=O) groups excluding carboxylic acids is 1. The largest absolute Gasteiger partial charge is 0.368 e. The van der Waals surface area contributed by atoms with Gasteiger partial charge in [0.1, 0.15) is 5.78 Å². The van der Waals surface area contributed by atoms with Gasteiger partial charge in [0, 0.05) is 24.7 Å². The number of nitrogens with zero attached hydrogens (tertiary/aromatic N) is 1. The van der Waals surface area contributed by atoms with Crippen LogP contribution in [0, 0.1) is 13.8 Å². The van der Waals surface area contributed by atoms with Crippen molar-refractivity contribution in [1.82, 2.24) is 0 Å². The highest BCUT2D eigenvalue weighted by atomic mass is 16.1. The molecule has 0 spiro atoms. The Balaban J connectivity index is 2.21. The lowest BCUT2D eigenvalue weighted by molar-refractivity contribution is -0.118. The highest BCUT2D eigenvalue weighted by Crippen LogP contribution is 2.43. The second-order valence-corrected chi connectivity index (χ2v) is 8.97. The van der Waals surface area contributed by atoms with Gasteiger partial charge >= 0.3 is 0 Å². The van der Waals surface area contributed by atoms with Crippen LogP contribution in [0.5, 0.6) is 0 Å². The highest BCUT2D eigenvalue weighted by Gasteiger charge is 2.28. The van der Waals surface area contributed by atoms with Gasteiger partial charge in [-0.2, -0.15) is 0 Å². The van der Waals surface area contributed by atoms with Gasteiger partial charge in [0.15, 0.2) is 0 Å². The second-order valence-electron chi connectivity index (χ2n) is 8.97. The lowest BCUT2D eigenvalue weighted by atomic mass is 9.79. The van der Waals surface area contributed by atoms with Gasteiger partial charge in [0.25, 0.3) is 0 Å². The summed E-state index contributed by atoms with van der Waals surface area (Å²) < 4.78 is 0. The number of fused-ring (bicyclic) bond motifs is 1. The maximum Gasteiger partial charge on any atom is 0.137 e. The molecule has 0 N–H and O–H groups in total. The molecule has 2 nitrogen and oxygen atoms in total. The molecule has 1 heterocycles. The number of anilines is 1. The number of carbonyl (C=O) groups is 1. The minimum atomic E-state index is -0.113. The zero-order valence-electron chi connectivity index (χ0n) is 19.8. The van der Waals surface area contributed by atoms with Gasteiger partial charge in [-0.3, -0.25) is 4.79 Å². The Kier molecular flexibility index (Phi) is 7.54. The lowest BCUT2D eigenvalue weighted by Gasteiger charge is -2.35. The van der Waals surface area contributed by atoms with Crippen molar-refractivity contribution in [2.24, 2.45) is 0 Å². The van der Waals surface area contributed by atoms with Gasteiger partial charge in [0.2, 0.25) is 0 Å². The van der Waals surface area contributed by atoms with E-state index in [2.05, 4.69) is 63.1 Å². The topological polar surface area (TPSA) is 20.3 Å². The van der Waals surface area contributed by atoms with E-state index in [0.29, 0.717) is 0 Å². The van der Waals surface area contributed by atoms with Gasteiger partial charge < -0.3 is 4.90 Å². The van der Waals surface area contributed by atoms with Crippen LogP contribution >= 0.6 is 0 Å². The Morgan fingerprint density at radius 2 is 1.94 bits per heavy atom. The molecule has 0 fully saturated rings. The van der Waals surface area contributed by atoms with E-state index in [9.17, 15) is 4.79 Å². The quantitative estimate of drug-likeness (QED) is 0.321. The van der Waals surface area contributed by atoms with Gasteiger partial charge in [-0.05, 0) is 97.9 Å². The fourth-order valence-electron chi connectivity index (χ4n) is 4.92. The SMILES string of the molecule is C=CCCCc1cc(-c2c(C)cc3c(c2C(C)C(C)=O)CCCN3CC=C)ccc1C. The Bertz CT molecular complexity index is 985. The number of hydrogen-bond acceptors (Lipinski definition) is 2. The standard InChI is InChI=1S/C29H37NO/c1-7-9-10-12-24-19-25(15-14-20(24)3)28-21(4)18-27-26(29(28)22(5)23(6)31)13-11-17-30(27)16-8-2/h7-8,14-15,18-19,22H,1-2,9-13,16-17H2,3-6H3. The Labute approximate surface area is 188 Å². The van der Waals surface area contributed by atoms with E-state index in [1.807, 2.05) is 12.2 Å². The van der Waals surface area contributed by atoms with Crippen LogP contribution in [-0.2, 0) is 17.6 Å². The van der Waals surface area contributed by atoms with Crippen LogP contribution < -0.4 is 4.90 Å². The molecular formula is C29H37NO. The van der Waals surface area contributed by atoms with Crippen LogP contribution in [0.3, 0.4) is 0 Å². The maximum atomic E-state index is 12.6. The molecule has 1 unspecified atom stereocenters.